The highest BCUT2D eigenvalue weighted by Gasteiger charge is 2.21. The maximum absolute atomic E-state index is 14.1. The number of amides is 1. The molecule has 0 bridgehead atoms. The molecule has 7 nitrogen and oxygen atoms in total. The van der Waals surface area contributed by atoms with Crippen LogP contribution in [0.5, 0.6) is 0 Å². The molecular formula is C17H17FN4O3. The fourth-order valence-corrected chi connectivity index (χ4v) is 2.19. The van der Waals surface area contributed by atoms with Crippen LogP contribution in [0.1, 0.15) is 12.5 Å². The molecule has 0 aliphatic heterocycles. The minimum Gasteiger partial charge on any atom is -0.393 e. The predicted molar refractivity (Wildman–Crippen MR) is 93.0 cm³/mol. The number of likely N-dealkylation sites (N-methyl/N-ethyl adjacent to an activating group) is 1. The second-order valence-electron chi connectivity index (χ2n) is 5.61. The summed E-state index contributed by atoms with van der Waals surface area (Å²) in [5, 5.41) is 11.3. The number of halogens is 1. The van der Waals surface area contributed by atoms with Gasteiger partial charge in [0.2, 0.25) is 5.91 Å². The molecule has 0 spiro atoms. The van der Waals surface area contributed by atoms with Crippen molar-refractivity contribution in [2.75, 3.05) is 19.8 Å². The number of aromatic nitrogens is 1. The Hall–Kier alpha value is -3.29. The van der Waals surface area contributed by atoms with Gasteiger partial charge in [-0.05, 0) is 36.3 Å². The van der Waals surface area contributed by atoms with Crippen LogP contribution in [0, 0.1) is 15.9 Å². The van der Waals surface area contributed by atoms with Gasteiger partial charge >= 0.3 is 0 Å². The maximum Gasteiger partial charge on any atom is 0.293 e. The van der Waals surface area contributed by atoms with Crippen molar-refractivity contribution in [1.82, 2.24) is 9.88 Å². The van der Waals surface area contributed by atoms with E-state index in [1.165, 1.54) is 41.4 Å². The molecule has 2 aromatic rings. The summed E-state index contributed by atoms with van der Waals surface area (Å²) in [6.07, 6.45) is 2.71. The van der Waals surface area contributed by atoms with Crippen molar-refractivity contribution in [3.05, 3.63) is 58.0 Å². The molecule has 1 aromatic heterocycles. The third-order valence-corrected chi connectivity index (χ3v) is 3.60. The number of benzene rings is 1. The second kappa shape index (κ2) is 7.08. The van der Waals surface area contributed by atoms with Gasteiger partial charge in [0.05, 0.1) is 4.92 Å². The molecule has 0 aliphatic rings. The lowest BCUT2D eigenvalue weighted by molar-refractivity contribution is -0.383. The molecule has 0 saturated carbocycles. The largest absolute Gasteiger partial charge is 0.393 e. The van der Waals surface area contributed by atoms with Crippen LogP contribution < -0.4 is 5.73 Å². The van der Waals surface area contributed by atoms with Gasteiger partial charge < -0.3 is 10.6 Å². The molecule has 2 N–H and O–H groups in total. The number of carbonyl (C=O) groups excluding carboxylic acids is 1. The van der Waals surface area contributed by atoms with Crippen molar-refractivity contribution >= 4 is 22.9 Å². The molecule has 1 amide bonds. The van der Waals surface area contributed by atoms with Gasteiger partial charge in [0.25, 0.3) is 5.69 Å². The average molecular weight is 344 g/mol. The molecule has 0 unspecified atom stereocenters. The first-order valence-electron chi connectivity index (χ1n) is 7.31. The van der Waals surface area contributed by atoms with Gasteiger partial charge in [-0.2, -0.15) is 0 Å². The SMILES string of the molecule is CC(=CC(=O)N(C)C)c1cc(-c2ncccc2F)c(N)c([N+](=O)[O-])c1. The van der Waals surface area contributed by atoms with E-state index in [2.05, 4.69) is 4.98 Å². The highest BCUT2D eigenvalue weighted by atomic mass is 19.1. The van der Waals surface area contributed by atoms with Gasteiger partial charge in [-0.25, -0.2) is 4.39 Å². The smallest absolute Gasteiger partial charge is 0.293 e. The standard InChI is InChI=1S/C17H17FN4O3/c1-10(7-15(23)21(2)3)11-8-12(16(19)14(9-11)22(24)25)17-13(18)5-4-6-20-17/h4-9H,19H2,1-3H3. The first kappa shape index (κ1) is 18.1. The third-order valence-electron chi connectivity index (χ3n) is 3.60. The van der Waals surface area contributed by atoms with Gasteiger partial charge in [0.15, 0.2) is 0 Å². The summed E-state index contributed by atoms with van der Waals surface area (Å²) in [6.45, 7) is 1.63. The number of pyridine rings is 1. The van der Waals surface area contributed by atoms with Crippen molar-refractivity contribution in [1.29, 1.82) is 0 Å². The Kier molecular flexibility index (Phi) is 5.11. The molecule has 1 aromatic carbocycles. The summed E-state index contributed by atoms with van der Waals surface area (Å²) in [6, 6.07) is 5.35. The van der Waals surface area contributed by atoms with E-state index in [-0.39, 0.29) is 28.5 Å². The fourth-order valence-electron chi connectivity index (χ4n) is 2.19. The van der Waals surface area contributed by atoms with Crippen LogP contribution in [0.2, 0.25) is 0 Å². The van der Waals surface area contributed by atoms with Gasteiger partial charge in [-0.15, -0.1) is 0 Å². The summed E-state index contributed by atoms with van der Waals surface area (Å²) in [7, 11) is 3.18. The maximum atomic E-state index is 14.1. The van der Waals surface area contributed by atoms with Crippen LogP contribution >= 0.6 is 0 Å². The highest BCUT2D eigenvalue weighted by Crippen LogP contribution is 2.36. The lowest BCUT2D eigenvalue weighted by atomic mass is 9.98. The van der Waals surface area contributed by atoms with Gasteiger partial charge in [0.1, 0.15) is 17.2 Å². The lowest BCUT2D eigenvalue weighted by Crippen LogP contribution is -2.19. The molecule has 0 saturated heterocycles. The molecule has 8 heteroatoms. The zero-order valence-corrected chi connectivity index (χ0v) is 14.0. The predicted octanol–water partition coefficient (Wildman–Crippen LogP) is 2.87. The van der Waals surface area contributed by atoms with Crippen LogP contribution in [0.15, 0.2) is 36.5 Å². The summed E-state index contributed by atoms with van der Waals surface area (Å²) < 4.78 is 14.1. The van der Waals surface area contributed by atoms with Gasteiger partial charge in [-0.3, -0.25) is 19.9 Å². The Bertz CT molecular complexity index is 878. The summed E-state index contributed by atoms with van der Waals surface area (Å²) in [4.78, 5) is 27.8. The lowest BCUT2D eigenvalue weighted by Gasteiger charge is -2.11. The molecule has 0 aliphatic carbocycles. The van der Waals surface area contributed by atoms with E-state index in [9.17, 15) is 19.3 Å². The fraction of sp³-hybridized carbons (Fsp3) is 0.176. The first-order valence-corrected chi connectivity index (χ1v) is 7.31. The van der Waals surface area contributed by atoms with Crippen molar-refractivity contribution < 1.29 is 14.1 Å². The number of carbonyl (C=O) groups is 1. The number of anilines is 1. The summed E-state index contributed by atoms with van der Waals surface area (Å²) in [5.74, 6) is -0.922. The molecule has 130 valence electrons. The Morgan fingerprint density at radius 2 is 2.08 bits per heavy atom. The quantitative estimate of drug-likeness (QED) is 0.398. The third kappa shape index (κ3) is 3.79. The summed E-state index contributed by atoms with van der Waals surface area (Å²) >= 11 is 0. The first-order chi connectivity index (χ1) is 11.7. The van der Waals surface area contributed by atoms with Crippen molar-refractivity contribution in [3.63, 3.8) is 0 Å². The van der Waals surface area contributed by atoms with Crippen LogP contribution in [-0.2, 0) is 4.79 Å². The van der Waals surface area contributed by atoms with Crippen LogP contribution in [0.3, 0.4) is 0 Å². The number of nitro benzene ring substituents is 1. The minimum absolute atomic E-state index is 0.0864. The number of nitrogens with zero attached hydrogens (tertiary/aromatic N) is 3. The molecular weight excluding hydrogens is 327 g/mol. The number of rotatable bonds is 4. The normalized spacial score (nSPS) is 11.3. The molecule has 2 rings (SSSR count). The Balaban J connectivity index is 2.70. The molecule has 0 fully saturated rings. The number of nitro groups is 1. The second-order valence-corrected chi connectivity index (χ2v) is 5.61. The number of allylic oxidation sites excluding steroid dienone is 1. The number of nitrogens with two attached hydrogens (primary N) is 1. The molecule has 25 heavy (non-hydrogen) atoms. The molecule has 0 radical (unpaired) electrons. The van der Waals surface area contributed by atoms with E-state index in [4.69, 9.17) is 5.73 Å². The van der Waals surface area contributed by atoms with E-state index in [1.807, 2.05) is 0 Å². The van der Waals surface area contributed by atoms with E-state index in [0.717, 1.165) is 0 Å². The average Bonchev–Trinajstić information content (AvgIpc) is 2.55. The van der Waals surface area contributed by atoms with Crippen molar-refractivity contribution in [3.8, 4) is 11.3 Å². The zero-order chi connectivity index (χ0) is 18.7. The topological polar surface area (TPSA) is 102 Å². The van der Waals surface area contributed by atoms with Crippen LogP contribution in [-0.4, -0.2) is 34.8 Å². The Morgan fingerprint density at radius 3 is 2.64 bits per heavy atom. The van der Waals surface area contributed by atoms with Gasteiger partial charge in [0, 0.05) is 38.0 Å². The number of hydrogen-bond acceptors (Lipinski definition) is 5. The molecule has 0 atom stereocenters. The van der Waals surface area contributed by atoms with Crippen molar-refractivity contribution in [2.24, 2.45) is 0 Å². The van der Waals surface area contributed by atoms with E-state index in [0.29, 0.717) is 11.1 Å². The van der Waals surface area contributed by atoms with E-state index >= 15 is 0 Å². The number of nitrogen functional groups attached to an aromatic ring is 1. The van der Waals surface area contributed by atoms with Crippen LogP contribution in [0.4, 0.5) is 15.8 Å². The van der Waals surface area contributed by atoms with E-state index in [1.54, 1.807) is 21.0 Å². The number of hydrogen-bond donors (Lipinski definition) is 1. The van der Waals surface area contributed by atoms with Crippen LogP contribution in [0.25, 0.3) is 16.8 Å². The van der Waals surface area contributed by atoms with Gasteiger partial charge in [-0.1, -0.05) is 0 Å². The van der Waals surface area contributed by atoms with Crippen molar-refractivity contribution in [2.45, 2.75) is 6.92 Å². The zero-order valence-electron chi connectivity index (χ0n) is 14.0. The monoisotopic (exact) mass is 344 g/mol. The highest BCUT2D eigenvalue weighted by molar-refractivity contribution is 5.96. The minimum atomic E-state index is -0.649. The van der Waals surface area contributed by atoms with E-state index < -0.39 is 10.7 Å². The molecule has 1 heterocycles. The Morgan fingerprint density at radius 1 is 1.40 bits per heavy atom. The Labute approximate surface area is 143 Å². The summed E-state index contributed by atoms with van der Waals surface area (Å²) in [5.41, 5.74) is 6.19.